The third-order valence-electron chi connectivity index (χ3n) is 3.39. The molecule has 7 nitrogen and oxygen atoms in total. The Hall–Kier alpha value is -1.77. The van der Waals surface area contributed by atoms with Crippen molar-refractivity contribution >= 4 is 22.2 Å². The van der Waals surface area contributed by atoms with Crippen LogP contribution < -0.4 is 5.56 Å². The van der Waals surface area contributed by atoms with Crippen LogP contribution in [-0.2, 0) is 15.9 Å². The van der Waals surface area contributed by atoms with E-state index in [9.17, 15) is 9.59 Å². The summed E-state index contributed by atoms with van der Waals surface area (Å²) in [6, 6.07) is 0. The maximum absolute atomic E-state index is 12.6. The second-order valence-corrected chi connectivity index (χ2v) is 5.61. The Balaban J connectivity index is 2.42. The summed E-state index contributed by atoms with van der Waals surface area (Å²) < 4.78 is 11.6. The zero-order chi connectivity index (χ0) is 16.3. The maximum Gasteiger partial charge on any atom is 0.271 e. The van der Waals surface area contributed by atoms with Gasteiger partial charge in [0.25, 0.3) is 11.5 Å². The molecule has 1 amide bonds. The molecule has 0 aliphatic rings. The number of thiazole rings is 1. The van der Waals surface area contributed by atoms with Gasteiger partial charge in [-0.25, -0.2) is 4.98 Å². The number of hydrogen-bond donors (Lipinski definition) is 0. The standard InChI is InChI=1S/C14H19N3O4S/c1-5-9-11(12(18)16(2)8-10(20-3)21-4)13(19)17-6-7-22-14(17)15-9/h6-7,10H,5,8H2,1-4H3. The highest BCUT2D eigenvalue weighted by molar-refractivity contribution is 7.15. The monoisotopic (exact) mass is 325 g/mol. The van der Waals surface area contributed by atoms with Crippen molar-refractivity contribution in [3.8, 4) is 0 Å². The van der Waals surface area contributed by atoms with Crippen LogP contribution in [0.5, 0.6) is 0 Å². The third kappa shape index (κ3) is 3.03. The zero-order valence-corrected chi connectivity index (χ0v) is 13.8. The molecule has 8 heteroatoms. The Morgan fingerprint density at radius 1 is 1.45 bits per heavy atom. The van der Waals surface area contributed by atoms with Gasteiger partial charge in [0.1, 0.15) is 5.56 Å². The predicted octanol–water partition coefficient (Wildman–Crippen LogP) is 1.01. The predicted molar refractivity (Wildman–Crippen MR) is 83.5 cm³/mol. The van der Waals surface area contributed by atoms with Crippen LogP contribution in [0.4, 0.5) is 0 Å². The summed E-state index contributed by atoms with van der Waals surface area (Å²) in [5.74, 6) is -0.381. The Bertz CT molecular complexity index is 720. The molecule has 0 aliphatic heterocycles. The molecular formula is C14H19N3O4S. The molecule has 2 aromatic rings. The molecule has 0 N–H and O–H groups in total. The second-order valence-electron chi connectivity index (χ2n) is 4.73. The van der Waals surface area contributed by atoms with Crippen LogP contribution >= 0.6 is 11.3 Å². The quantitative estimate of drug-likeness (QED) is 0.741. The lowest BCUT2D eigenvalue weighted by Crippen LogP contribution is -2.39. The van der Waals surface area contributed by atoms with Gasteiger partial charge >= 0.3 is 0 Å². The molecule has 2 aromatic heterocycles. The van der Waals surface area contributed by atoms with Crippen LogP contribution in [0.25, 0.3) is 4.96 Å². The minimum absolute atomic E-state index is 0.104. The highest BCUT2D eigenvalue weighted by Gasteiger charge is 2.24. The zero-order valence-electron chi connectivity index (χ0n) is 13.0. The van der Waals surface area contributed by atoms with Gasteiger partial charge in [-0.15, -0.1) is 11.3 Å². The van der Waals surface area contributed by atoms with Crippen molar-refractivity contribution in [3.05, 3.63) is 33.2 Å². The Labute approximate surface area is 132 Å². The summed E-state index contributed by atoms with van der Waals surface area (Å²) in [7, 11) is 4.60. The van der Waals surface area contributed by atoms with Gasteiger partial charge in [0.15, 0.2) is 11.3 Å². The largest absolute Gasteiger partial charge is 0.354 e. The Morgan fingerprint density at radius 3 is 2.73 bits per heavy atom. The molecule has 120 valence electrons. The molecule has 0 unspecified atom stereocenters. The van der Waals surface area contributed by atoms with Crippen molar-refractivity contribution < 1.29 is 14.3 Å². The van der Waals surface area contributed by atoms with E-state index in [1.54, 1.807) is 18.6 Å². The lowest BCUT2D eigenvalue weighted by molar-refractivity contribution is -0.110. The van der Waals surface area contributed by atoms with E-state index in [0.29, 0.717) is 17.1 Å². The number of likely N-dealkylation sites (N-methyl/N-ethyl adjacent to an activating group) is 1. The second kappa shape index (κ2) is 6.99. The first-order chi connectivity index (χ1) is 10.5. The fourth-order valence-corrected chi connectivity index (χ4v) is 2.86. The van der Waals surface area contributed by atoms with Crippen LogP contribution in [0.3, 0.4) is 0 Å². The number of carbonyl (C=O) groups is 1. The normalized spacial score (nSPS) is 11.3. The summed E-state index contributed by atoms with van der Waals surface area (Å²) in [6.07, 6.45) is 1.59. The summed E-state index contributed by atoms with van der Waals surface area (Å²) >= 11 is 1.36. The molecule has 0 aliphatic carbocycles. The molecule has 0 radical (unpaired) electrons. The molecule has 0 atom stereocenters. The molecule has 0 saturated heterocycles. The molecule has 0 fully saturated rings. The van der Waals surface area contributed by atoms with Gasteiger partial charge in [-0.05, 0) is 6.42 Å². The summed E-state index contributed by atoms with van der Waals surface area (Å²) in [6.45, 7) is 2.09. The number of methoxy groups -OCH3 is 2. The first kappa shape index (κ1) is 16.6. The SMILES string of the molecule is CCc1nc2sccn2c(=O)c1C(=O)N(C)CC(OC)OC. The van der Waals surface area contributed by atoms with Crippen LogP contribution in [0, 0.1) is 0 Å². The van der Waals surface area contributed by atoms with E-state index in [4.69, 9.17) is 9.47 Å². The molecule has 0 aromatic carbocycles. The van der Waals surface area contributed by atoms with E-state index in [1.807, 2.05) is 6.92 Å². The number of fused-ring (bicyclic) bond motifs is 1. The topological polar surface area (TPSA) is 73.1 Å². The maximum atomic E-state index is 12.6. The van der Waals surface area contributed by atoms with Gasteiger partial charge in [0, 0.05) is 32.8 Å². The van der Waals surface area contributed by atoms with Gasteiger partial charge in [-0.2, -0.15) is 0 Å². The average Bonchev–Trinajstić information content (AvgIpc) is 3.00. The Kier molecular flexibility index (Phi) is 5.28. The lowest BCUT2D eigenvalue weighted by Gasteiger charge is -2.22. The van der Waals surface area contributed by atoms with Crippen LogP contribution in [0.1, 0.15) is 23.0 Å². The van der Waals surface area contributed by atoms with E-state index in [1.165, 1.54) is 34.9 Å². The molecule has 0 saturated carbocycles. The van der Waals surface area contributed by atoms with Gasteiger partial charge in [0.05, 0.1) is 12.2 Å². The number of nitrogens with zero attached hydrogens (tertiary/aromatic N) is 3. The first-order valence-electron chi connectivity index (χ1n) is 6.83. The number of amides is 1. The highest BCUT2D eigenvalue weighted by atomic mass is 32.1. The van der Waals surface area contributed by atoms with Gasteiger partial charge < -0.3 is 14.4 Å². The molecule has 22 heavy (non-hydrogen) atoms. The summed E-state index contributed by atoms with van der Waals surface area (Å²) in [4.78, 5) is 31.6. The van der Waals surface area contributed by atoms with Crippen molar-refractivity contribution in [3.63, 3.8) is 0 Å². The van der Waals surface area contributed by atoms with Crippen molar-refractivity contribution in [2.24, 2.45) is 0 Å². The van der Waals surface area contributed by atoms with Gasteiger partial charge in [0.2, 0.25) is 0 Å². The van der Waals surface area contributed by atoms with Gasteiger partial charge in [-0.1, -0.05) is 6.92 Å². The number of hydrogen-bond acceptors (Lipinski definition) is 6. The van der Waals surface area contributed by atoms with E-state index < -0.39 is 6.29 Å². The van der Waals surface area contributed by atoms with Crippen molar-refractivity contribution in [2.45, 2.75) is 19.6 Å². The highest BCUT2D eigenvalue weighted by Crippen LogP contribution is 2.12. The van der Waals surface area contributed by atoms with Crippen LogP contribution in [0.2, 0.25) is 0 Å². The van der Waals surface area contributed by atoms with Crippen molar-refractivity contribution in [2.75, 3.05) is 27.8 Å². The Morgan fingerprint density at radius 2 is 2.14 bits per heavy atom. The minimum Gasteiger partial charge on any atom is -0.354 e. The molecule has 2 rings (SSSR count). The average molecular weight is 325 g/mol. The fraction of sp³-hybridized carbons (Fsp3) is 0.500. The van der Waals surface area contributed by atoms with Crippen molar-refractivity contribution in [1.82, 2.24) is 14.3 Å². The van der Waals surface area contributed by atoms with Crippen LogP contribution in [0.15, 0.2) is 16.4 Å². The summed E-state index contributed by atoms with van der Waals surface area (Å²) in [5, 5.41) is 1.77. The van der Waals surface area contributed by atoms with Crippen LogP contribution in [-0.4, -0.2) is 54.3 Å². The number of ether oxygens (including phenoxy) is 2. The third-order valence-corrected chi connectivity index (χ3v) is 4.14. The molecule has 2 heterocycles. The van der Waals surface area contributed by atoms with Crippen molar-refractivity contribution in [1.29, 1.82) is 0 Å². The number of carbonyl (C=O) groups excluding carboxylic acids is 1. The van der Waals surface area contributed by atoms with E-state index >= 15 is 0 Å². The van der Waals surface area contributed by atoms with E-state index in [2.05, 4.69) is 4.98 Å². The number of aromatic nitrogens is 2. The first-order valence-corrected chi connectivity index (χ1v) is 7.71. The number of aryl methyl sites for hydroxylation is 1. The minimum atomic E-state index is -0.542. The van der Waals surface area contributed by atoms with E-state index in [0.717, 1.165) is 0 Å². The lowest BCUT2D eigenvalue weighted by atomic mass is 10.1. The molecule has 0 spiro atoms. The molecular weight excluding hydrogens is 306 g/mol. The smallest absolute Gasteiger partial charge is 0.271 e. The summed E-state index contributed by atoms with van der Waals surface area (Å²) in [5.41, 5.74) is 0.272. The van der Waals surface area contributed by atoms with Gasteiger partial charge in [-0.3, -0.25) is 14.0 Å². The molecule has 0 bridgehead atoms. The van der Waals surface area contributed by atoms with E-state index in [-0.39, 0.29) is 23.6 Å². The number of rotatable bonds is 6. The fourth-order valence-electron chi connectivity index (χ4n) is 2.14.